The van der Waals surface area contributed by atoms with E-state index in [0.29, 0.717) is 22.9 Å². The molecule has 0 atom stereocenters. The molecule has 0 aliphatic heterocycles. The maximum Gasteiger partial charge on any atom is 0.144 e. The van der Waals surface area contributed by atoms with Crippen molar-refractivity contribution in [3.05, 3.63) is 33.8 Å². The van der Waals surface area contributed by atoms with E-state index in [-0.39, 0.29) is 5.56 Å². The van der Waals surface area contributed by atoms with E-state index in [9.17, 15) is 8.78 Å². The smallest absolute Gasteiger partial charge is 0.144 e. The van der Waals surface area contributed by atoms with Crippen molar-refractivity contribution in [2.45, 2.75) is 47.1 Å². The highest BCUT2D eigenvalue weighted by atomic mass is 79.9. The van der Waals surface area contributed by atoms with Crippen molar-refractivity contribution in [3.63, 3.8) is 0 Å². The molecule has 0 N–H and O–H groups in total. The van der Waals surface area contributed by atoms with E-state index in [1.807, 2.05) is 0 Å². The Balaban J connectivity index is 2.81. The predicted molar refractivity (Wildman–Crippen MR) is 88.2 cm³/mol. The summed E-state index contributed by atoms with van der Waals surface area (Å²) < 4.78 is 28.3. The molecule has 1 aromatic carbocycles. The zero-order valence-electron chi connectivity index (χ0n) is 13.4. The zero-order chi connectivity index (χ0) is 16.0. The van der Waals surface area contributed by atoms with E-state index >= 15 is 0 Å². The van der Waals surface area contributed by atoms with E-state index in [1.54, 1.807) is 0 Å². The number of halogens is 3. The Morgan fingerprint density at radius 3 is 2.00 bits per heavy atom. The summed E-state index contributed by atoms with van der Waals surface area (Å²) in [7, 11) is 0. The Hall–Kier alpha value is -0.480. The van der Waals surface area contributed by atoms with Crippen molar-refractivity contribution in [1.29, 1.82) is 0 Å². The molecule has 0 radical (unpaired) electrons. The largest absolute Gasteiger partial charge is 0.299 e. The summed E-state index contributed by atoms with van der Waals surface area (Å²) in [6, 6.07) is 2.74. The second-order valence-corrected chi connectivity index (χ2v) is 7.32. The molecule has 21 heavy (non-hydrogen) atoms. The van der Waals surface area contributed by atoms with Crippen molar-refractivity contribution < 1.29 is 8.78 Å². The second-order valence-electron chi connectivity index (χ2n) is 6.46. The number of rotatable bonds is 8. The summed E-state index contributed by atoms with van der Waals surface area (Å²) >= 11 is 3.13. The number of nitrogens with zero attached hydrogens (tertiary/aromatic N) is 1. The van der Waals surface area contributed by atoms with Crippen LogP contribution in [0.5, 0.6) is 0 Å². The normalized spacial score (nSPS) is 11.9. The van der Waals surface area contributed by atoms with Crippen LogP contribution < -0.4 is 0 Å². The van der Waals surface area contributed by atoms with Gasteiger partial charge in [-0.2, -0.15) is 0 Å². The molecule has 0 aliphatic rings. The Bertz CT molecular complexity index is 435. The molecule has 1 nitrogen and oxygen atoms in total. The first-order valence-corrected chi connectivity index (χ1v) is 8.45. The van der Waals surface area contributed by atoms with Crippen molar-refractivity contribution in [2.75, 3.05) is 13.1 Å². The van der Waals surface area contributed by atoms with Gasteiger partial charge >= 0.3 is 0 Å². The Labute approximate surface area is 135 Å². The molecule has 0 spiro atoms. The van der Waals surface area contributed by atoms with Gasteiger partial charge < -0.3 is 0 Å². The molecule has 0 aliphatic carbocycles. The van der Waals surface area contributed by atoms with Crippen LogP contribution in [0.1, 0.15) is 46.1 Å². The van der Waals surface area contributed by atoms with Crippen molar-refractivity contribution in [1.82, 2.24) is 4.90 Å². The maximum atomic E-state index is 14.1. The molecule has 4 heteroatoms. The van der Waals surface area contributed by atoms with Gasteiger partial charge in [0.25, 0.3) is 0 Å². The van der Waals surface area contributed by atoms with Crippen molar-refractivity contribution >= 4 is 15.9 Å². The van der Waals surface area contributed by atoms with Gasteiger partial charge in [0.05, 0.1) is 4.47 Å². The maximum absolute atomic E-state index is 14.1. The Morgan fingerprint density at radius 2 is 1.52 bits per heavy atom. The third kappa shape index (κ3) is 6.43. The molecule has 0 amide bonds. The molecule has 0 fully saturated rings. The van der Waals surface area contributed by atoms with Crippen molar-refractivity contribution in [2.24, 2.45) is 11.8 Å². The fourth-order valence-electron chi connectivity index (χ4n) is 2.09. The Kier molecular flexibility index (Phi) is 7.82. The van der Waals surface area contributed by atoms with Crippen LogP contribution >= 0.6 is 15.9 Å². The lowest BCUT2D eigenvalue weighted by Crippen LogP contribution is -2.28. The highest BCUT2D eigenvalue weighted by Gasteiger charge is 2.16. The van der Waals surface area contributed by atoms with Gasteiger partial charge in [-0.1, -0.05) is 27.7 Å². The lowest BCUT2D eigenvalue weighted by molar-refractivity contribution is 0.229. The highest BCUT2D eigenvalue weighted by Crippen LogP contribution is 2.23. The van der Waals surface area contributed by atoms with E-state index in [0.717, 1.165) is 25.9 Å². The van der Waals surface area contributed by atoms with Crippen LogP contribution in [-0.4, -0.2) is 18.0 Å². The van der Waals surface area contributed by atoms with Gasteiger partial charge in [-0.15, -0.1) is 0 Å². The molecule has 1 aromatic rings. The molecular formula is C17H26BrF2N. The molecule has 0 unspecified atom stereocenters. The van der Waals surface area contributed by atoms with Gasteiger partial charge in [0, 0.05) is 12.1 Å². The van der Waals surface area contributed by atoms with Crippen LogP contribution in [0.3, 0.4) is 0 Å². The van der Waals surface area contributed by atoms with Crippen LogP contribution in [0.25, 0.3) is 0 Å². The van der Waals surface area contributed by atoms with Crippen molar-refractivity contribution in [3.8, 4) is 0 Å². The van der Waals surface area contributed by atoms with Gasteiger partial charge in [-0.25, -0.2) is 8.78 Å². The van der Waals surface area contributed by atoms with E-state index in [2.05, 4.69) is 48.5 Å². The summed E-state index contributed by atoms with van der Waals surface area (Å²) in [6.07, 6.45) is 2.07. The summed E-state index contributed by atoms with van der Waals surface area (Å²) in [5.41, 5.74) is 0.164. The van der Waals surface area contributed by atoms with Gasteiger partial charge in [0.15, 0.2) is 0 Å². The molecule has 0 bridgehead atoms. The lowest BCUT2D eigenvalue weighted by atomic mass is 10.1. The number of hydrogen-bond acceptors (Lipinski definition) is 1. The molecule has 0 saturated heterocycles. The monoisotopic (exact) mass is 361 g/mol. The first-order chi connectivity index (χ1) is 9.81. The summed E-state index contributed by atoms with van der Waals surface area (Å²) in [4.78, 5) is 2.16. The standard InChI is InChI=1S/C17H26BrF2N/c1-12(2)7-9-21(10-8-13(3)4)11-14-16(19)6-5-15(18)17(14)20/h5-6,12-13H,7-11H2,1-4H3. The van der Waals surface area contributed by atoms with Gasteiger partial charge in [-0.05, 0) is 65.8 Å². The first kappa shape index (κ1) is 18.6. The van der Waals surface area contributed by atoms with Crippen LogP contribution in [0.2, 0.25) is 0 Å². The highest BCUT2D eigenvalue weighted by molar-refractivity contribution is 9.10. The molecule has 120 valence electrons. The SMILES string of the molecule is CC(C)CCN(CCC(C)C)Cc1c(F)ccc(Br)c1F. The second kappa shape index (κ2) is 8.84. The third-order valence-corrected chi connectivity index (χ3v) is 4.18. The van der Waals surface area contributed by atoms with Crippen LogP contribution in [-0.2, 0) is 6.54 Å². The summed E-state index contributed by atoms with van der Waals surface area (Å²) in [5.74, 6) is 0.233. The minimum Gasteiger partial charge on any atom is -0.299 e. The predicted octanol–water partition coefficient (Wildman–Crippen LogP) is 5.62. The molecular weight excluding hydrogens is 336 g/mol. The minimum atomic E-state index is -0.478. The van der Waals surface area contributed by atoms with Gasteiger partial charge in [0.1, 0.15) is 11.6 Å². The Morgan fingerprint density at radius 1 is 1.00 bits per heavy atom. The van der Waals surface area contributed by atoms with Gasteiger partial charge in [-0.3, -0.25) is 4.90 Å². The number of hydrogen-bond donors (Lipinski definition) is 0. The fraction of sp³-hybridized carbons (Fsp3) is 0.647. The minimum absolute atomic E-state index is 0.164. The van der Waals surface area contributed by atoms with Crippen LogP contribution in [0, 0.1) is 23.5 Å². The van der Waals surface area contributed by atoms with E-state index < -0.39 is 11.6 Å². The van der Waals surface area contributed by atoms with Crippen LogP contribution in [0.15, 0.2) is 16.6 Å². The van der Waals surface area contributed by atoms with Gasteiger partial charge in [0.2, 0.25) is 0 Å². The summed E-state index contributed by atoms with van der Waals surface area (Å²) in [5, 5.41) is 0. The topological polar surface area (TPSA) is 3.24 Å². The van der Waals surface area contributed by atoms with Crippen LogP contribution in [0.4, 0.5) is 8.78 Å². The quantitative estimate of drug-likeness (QED) is 0.543. The fourth-order valence-corrected chi connectivity index (χ4v) is 2.46. The molecule has 0 aromatic heterocycles. The van der Waals surface area contributed by atoms with E-state index in [1.165, 1.54) is 12.1 Å². The molecule has 0 heterocycles. The zero-order valence-corrected chi connectivity index (χ0v) is 15.0. The lowest BCUT2D eigenvalue weighted by Gasteiger charge is -2.24. The van der Waals surface area contributed by atoms with E-state index in [4.69, 9.17) is 0 Å². The first-order valence-electron chi connectivity index (χ1n) is 7.66. The molecule has 1 rings (SSSR count). The third-order valence-electron chi connectivity index (χ3n) is 3.57. The number of benzene rings is 1. The average molecular weight is 362 g/mol. The summed E-state index contributed by atoms with van der Waals surface area (Å²) in [6.45, 7) is 10.7. The molecule has 0 saturated carbocycles. The average Bonchev–Trinajstić information content (AvgIpc) is 2.41.